The van der Waals surface area contributed by atoms with Crippen molar-refractivity contribution in [1.29, 1.82) is 0 Å². The molecule has 0 bridgehead atoms. The Kier molecular flexibility index (Phi) is 19.1. The van der Waals surface area contributed by atoms with Gasteiger partial charge in [0.05, 0.1) is 33.4 Å². The molecule has 0 unspecified atom stereocenters. The molecule has 0 radical (unpaired) electrons. The summed E-state index contributed by atoms with van der Waals surface area (Å²) in [5.74, 6) is -82.3. The molecule has 0 aliphatic heterocycles. The fourth-order valence-corrected chi connectivity index (χ4v) is 5.86. The Morgan fingerprint density at radius 2 is 0.351 bits per heavy atom. The zero-order valence-corrected chi connectivity index (χ0v) is 35.9. The third kappa shape index (κ3) is 11.0. The summed E-state index contributed by atoms with van der Waals surface area (Å²) in [5.41, 5.74) is -13.6. The molecular formula is C42H3AlF32O2. The molecule has 2 nitrogen and oxygen atoms in total. The van der Waals surface area contributed by atoms with Gasteiger partial charge in [-0.2, -0.15) is 0 Å². The van der Waals surface area contributed by atoms with Crippen molar-refractivity contribution in [2.45, 2.75) is 0 Å². The van der Waals surface area contributed by atoms with Gasteiger partial charge in [0, 0.05) is 0 Å². The van der Waals surface area contributed by atoms with Crippen LogP contribution in [-0.2, 0) is 3.80 Å². The summed E-state index contributed by atoms with van der Waals surface area (Å²) in [4.78, 5) is 0. The van der Waals surface area contributed by atoms with Crippen LogP contribution in [0, 0.1) is 186 Å². The summed E-state index contributed by atoms with van der Waals surface area (Å²) in [7, 11) is 0. The summed E-state index contributed by atoms with van der Waals surface area (Å²) in [6.45, 7) is 0. The third-order valence-corrected chi connectivity index (χ3v) is 9.45. The van der Waals surface area contributed by atoms with Crippen LogP contribution < -0.4 is 3.79 Å². The predicted octanol–water partition coefficient (Wildman–Crippen LogP) is 15.5. The standard InChI is InChI=1S/3C12F10.C6H4F2O.Al.O/c3*13-3-1(4(14)8(18)11(21)7(3)17)2-5(15)9(19)12(22)10(20)6(2)16;7-4-2-1-3-5(9)6(4)8;;/h;;;1-3,9H;;/q;;;;+1;/p-1. The van der Waals surface area contributed by atoms with E-state index in [1.807, 2.05) is 0 Å². The summed E-state index contributed by atoms with van der Waals surface area (Å²) in [6.07, 6.45) is 0. The molecule has 0 aromatic heterocycles. The van der Waals surface area contributed by atoms with E-state index in [0.717, 1.165) is 6.07 Å². The molecule has 0 amide bonds. The molecule has 0 N–H and O–H groups in total. The van der Waals surface area contributed by atoms with Gasteiger partial charge in [-0.15, -0.1) is 0 Å². The van der Waals surface area contributed by atoms with Gasteiger partial charge in [-0.05, 0) is 0 Å². The van der Waals surface area contributed by atoms with Crippen LogP contribution in [0.1, 0.15) is 0 Å². The molecule has 410 valence electrons. The van der Waals surface area contributed by atoms with Crippen molar-refractivity contribution in [3.8, 4) is 39.1 Å². The van der Waals surface area contributed by atoms with Crippen LogP contribution in [0.15, 0.2) is 18.2 Å². The Hall–Kier alpha value is -7.57. The van der Waals surface area contributed by atoms with E-state index in [0.29, 0.717) is 0 Å². The van der Waals surface area contributed by atoms with Crippen molar-refractivity contribution < 1.29 is 148 Å². The molecule has 0 fully saturated rings. The average molecular weight is 1170 g/mol. The number of halogens is 32. The van der Waals surface area contributed by atoms with Gasteiger partial charge in [-0.1, -0.05) is 0 Å². The minimum absolute atomic E-state index is 0.310. The molecule has 77 heavy (non-hydrogen) atoms. The van der Waals surface area contributed by atoms with Crippen LogP contribution in [-0.4, -0.2) is 15.5 Å². The van der Waals surface area contributed by atoms with Crippen molar-refractivity contribution in [2.75, 3.05) is 0 Å². The van der Waals surface area contributed by atoms with Crippen molar-refractivity contribution in [3.05, 3.63) is 204 Å². The van der Waals surface area contributed by atoms with E-state index < -0.39 is 235 Å². The van der Waals surface area contributed by atoms with Gasteiger partial charge in [0.2, 0.25) is 34.9 Å². The van der Waals surface area contributed by atoms with E-state index in [1.54, 1.807) is 0 Å². The van der Waals surface area contributed by atoms with Gasteiger partial charge < -0.3 is 0 Å². The quantitative estimate of drug-likeness (QED) is 0.0743. The van der Waals surface area contributed by atoms with Gasteiger partial charge in [-0.3, -0.25) is 0 Å². The summed E-state index contributed by atoms with van der Waals surface area (Å²) >= 11 is -1.55. The number of rotatable bonds is 5. The van der Waals surface area contributed by atoms with E-state index >= 15 is 0 Å². The SMILES string of the molecule is Fc1c(F)c(F)c(-c2c(F)c(F)c(F)c(F)c2F)c(F)c1F.Fc1c(F)c(F)c(-c2c(F)c(F)c(F)c(F)c2F)c(F)c1F.Fc1c(F)c(F)c(-c2c(F)c(F)c(F)c(F)c2F)c(F)c1F.[O]=[Al][O]c1cccc(F)c1F. The molecular weight excluding hydrogens is 1170 g/mol. The molecule has 0 saturated heterocycles. The molecule has 0 spiro atoms. The van der Waals surface area contributed by atoms with Gasteiger partial charge in [0.15, 0.2) is 140 Å². The molecule has 7 aromatic rings. The molecule has 35 heteroatoms. The first-order valence-electron chi connectivity index (χ1n) is 18.2. The van der Waals surface area contributed by atoms with Gasteiger partial charge in [0.25, 0.3) is 0 Å². The third-order valence-electron chi connectivity index (χ3n) is 9.10. The first-order chi connectivity index (χ1) is 35.6. The molecule has 0 heterocycles. The Labute approximate surface area is 406 Å². The molecule has 0 aliphatic carbocycles. The second-order valence-electron chi connectivity index (χ2n) is 13.4. The van der Waals surface area contributed by atoms with Crippen molar-refractivity contribution in [1.82, 2.24) is 0 Å². The van der Waals surface area contributed by atoms with Crippen molar-refractivity contribution in [2.24, 2.45) is 0 Å². The summed E-state index contributed by atoms with van der Waals surface area (Å²) < 4.78 is 433. The summed E-state index contributed by atoms with van der Waals surface area (Å²) in [6, 6.07) is 3.45. The molecule has 0 saturated carbocycles. The zero-order chi connectivity index (χ0) is 59.1. The van der Waals surface area contributed by atoms with E-state index in [2.05, 4.69) is 3.79 Å². The van der Waals surface area contributed by atoms with Gasteiger partial charge in [0.1, 0.15) is 0 Å². The second kappa shape index (κ2) is 23.8. The Morgan fingerprint density at radius 1 is 0.208 bits per heavy atom. The fraction of sp³-hybridized carbons (Fsp3) is 0. The maximum absolute atomic E-state index is 13.4. The minimum atomic E-state index is -2.68. The predicted molar refractivity (Wildman–Crippen MR) is 188 cm³/mol. The van der Waals surface area contributed by atoms with E-state index in [4.69, 9.17) is 0 Å². The summed E-state index contributed by atoms with van der Waals surface area (Å²) in [5, 5.41) is 0. The second-order valence-corrected chi connectivity index (χ2v) is 13.9. The van der Waals surface area contributed by atoms with Gasteiger partial charge in [-0.25, -0.2) is 132 Å². The molecule has 7 rings (SSSR count). The fourth-order valence-electron chi connectivity index (χ4n) is 5.57. The van der Waals surface area contributed by atoms with Gasteiger partial charge >= 0.3 is 67.4 Å². The van der Waals surface area contributed by atoms with E-state index in [9.17, 15) is 144 Å². The van der Waals surface area contributed by atoms with Crippen LogP contribution in [0.2, 0.25) is 0 Å². The average Bonchev–Trinajstić information content (AvgIpc) is 3.40. The van der Waals surface area contributed by atoms with E-state index in [-0.39, 0.29) is 5.75 Å². The van der Waals surface area contributed by atoms with Crippen LogP contribution in [0.5, 0.6) is 5.75 Å². The Bertz CT molecular complexity index is 2870. The van der Waals surface area contributed by atoms with Crippen molar-refractivity contribution in [3.63, 3.8) is 0 Å². The van der Waals surface area contributed by atoms with Crippen LogP contribution in [0.3, 0.4) is 0 Å². The van der Waals surface area contributed by atoms with E-state index in [1.165, 1.54) is 12.1 Å². The molecule has 7 aromatic carbocycles. The molecule has 0 atom stereocenters. The van der Waals surface area contributed by atoms with Crippen LogP contribution >= 0.6 is 0 Å². The maximum atomic E-state index is 13.4. The molecule has 0 aliphatic rings. The number of hydrogen-bond donors (Lipinski definition) is 0. The first kappa shape index (κ1) is 62.0. The Morgan fingerprint density at radius 3 is 0.494 bits per heavy atom. The first-order valence-corrected chi connectivity index (χ1v) is 19.2. The monoisotopic (exact) mass is 1170 g/mol. The Balaban J connectivity index is 0.000000227. The topological polar surface area (TPSA) is 26.3 Å². The van der Waals surface area contributed by atoms with Crippen LogP contribution in [0.25, 0.3) is 33.4 Å². The van der Waals surface area contributed by atoms with Crippen LogP contribution in [0.4, 0.5) is 140 Å². The normalized spacial score (nSPS) is 10.9. The van der Waals surface area contributed by atoms with Crippen molar-refractivity contribution >= 4 is 15.5 Å². The number of hydrogen-bond acceptors (Lipinski definition) is 2. The number of benzene rings is 7. The zero-order valence-electron chi connectivity index (χ0n) is 34.7.